The fourth-order valence-corrected chi connectivity index (χ4v) is 0.775. The van der Waals surface area contributed by atoms with E-state index in [1.807, 2.05) is 0 Å². The van der Waals surface area contributed by atoms with Gasteiger partial charge in [0.2, 0.25) is 0 Å². The van der Waals surface area contributed by atoms with Crippen LogP contribution >= 0.6 is 8.25 Å². The molecule has 0 saturated heterocycles. The minimum absolute atomic E-state index is 0.189. The Morgan fingerprint density at radius 2 is 2.00 bits per heavy atom. The lowest BCUT2D eigenvalue weighted by Crippen LogP contribution is -2.02. The van der Waals surface area contributed by atoms with Crippen LogP contribution in [0.3, 0.4) is 0 Å². The van der Waals surface area contributed by atoms with Crippen LogP contribution in [0.25, 0.3) is 0 Å². The molecule has 0 aliphatic heterocycles. The summed E-state index contributed by atoms with van der Waals surface area (Å²) in [7, 11) is -2.36. The number of hydrogen-bond acceptors (Lipinski definition) is 5. The van der Waals surface area contributed by atoms with Crippen LogP contribution in [0.2, 0.25) is 0 Å². The van der Waals surface area contributed by atoms with Crippen molar-refractivity contribution in [3.8, 4) is 0 Å². The first kappa shape index (κ1) is 10.3. The lowest BCUT2D eigenvalue weighted by atomic mass is 10.9. The van der Waals surface area contributed by atoms with Gasteiger partial charge in [-0.15, -0.1) is 9.05 Å². The summed E-state index contributed by atoms with van der Waals surface area (Å²) in [6.07, 6.45) is -0.970. The molecule has 0 heterocycles. The molecule has 0 aliphatic rings. The largest absolute Gasteiger partial charge is 0.756 e. The standard InChI is InChI=1S/C5H10O5P/c1-3-8-5(6)10-11(7)9-4-2/h3-4H2,1-2H3/q+1. The third kappa shape index (κ3) is 5.76. The molecule has 1 atom stereocenters. The van der Waals surface area contributed by atoms with E-state index in [-0.39, 0.29) is 13.2 Å². The molecular weight excluding hydrogens is 171 g/mol. The van der Waals surface area contributed by atoms with Crippen molar-refractivity contribution >= 4 is 14.4 Å². The maximum Gasteiger partial charge on any atom is 0.756 e. The molecule has 0 aromatic rings. The molecule has 64 valence electrons. The van der Waals surface area contributed by atoms with Crippen LogP contribution in [0.4, 0.5) is 4.79 Å². The van der Waals surface area contributed by atoms with Crippen LogP contribution in [-0.4, -0.2) is 19.4 Å². The number of rotatable bonds is 4. The van der Waals surface area contributed by atoms with E-state index in [2.05, 4.69) is 13.8 Å². The zero-order chi connectivity index (χ0) is 8.69. The summed E-state index contributed by atoms with van der Waals surface area (Å²) < 4.78 is 23.5. The Kier molecular flexibility index (Phi) is 5.70. The van der Waals surface area contributed by atoms with Crippen molar-refractivity contribution in [1.82, 2.24) is 0 Å². The fourth-order valence-electron chi connectivity index (χ4n) is 0.337. The van der Waals surface area contributed by atoms with Gasteiger partial charge in [-0.2, -0.15) is 4.79 Å². The van der Waals surface area contributed by atoms with Crippen LogP contribution in [-0.2, 0) is 18.3 Å². The average Bonchev–Trinajstić information content (AvgIpc) is 1.87. The van der Waals surface area contributed by atoms with E-state index in [9.17, 15) is 9.36 Å². The minimum atomic E-state index is -2.36. The highest BCUT2D eigenvalue weighted by atomic mass is 31.1. The number of carbonyl (C=O) groups is 1. The lowest BCUT2D eigenvalue weighted by molar-refractivity contribution is 0.0996. The second-order valence-electron chi connectivity index (χ2n) is 1.42. The molecule has 0 bridgehead atoms. The predicted octanol–water partition coefficient (Wildman–Crippen LogP) is 1.85. The maximum absolute atomic E-state index is 10.5. The average molecular weight is 181 g/mol. The number of hydrogen-bond donors (Lipinski definition) is 0. The summed E-state index contributed by atoms with van der Waals surface area (Å²) in [4.78, 5) is 10.4. The molecule has 0 aliphatic carbocycles. The molecular formula is C5H10O5P+. The lowest BCUT2D eigenvalue weighted by Gasteiger charge is -1.90. The molecule has 6 heteroatoms. The Hall–Kier alpha value is -0.670. The number of ether oxygens (including phenoxy) is 1. The molecule has 0 N–H and O–H groups in total. The highest BCUT2D eigenvalue weighted by Crippen LogP contribution is 2.23. The molecule has 0 aromatic heterocycles. The molecule has 0 fully saturated rings. The third-order valence-electron chi connectivity index (χ3n) is 0.646. The first-order valence-corrected chi connectivity index (χ1v) is 4.25. The van der Waals surface area contributed by atoms with Gasteiger partial charge in [0.15, 0.2) is 0 Å². The van der Waals surface area contributed by atoms with Gasteiger partial charge in [0.1, 0.15) is 6.61 Å². The molecule has 0 radical (unpaired) electrons. The van der Waals surface area contributed by atoms with E-state index in [0.29, 0.717) is 0 Å². The molecule has 0 aromatic carbocycles. The van der Waals surface area contributed by atoms with Crippen molar-refractivity contribution in [2.24, 2.45) is 0 Å². The summed E-state index contributed by atoms with van der Waals surface area (Å²) in [5.74, 6) is 0. The van der Waals surface area contributed by atoms with Crippen molar-refractivity contribution in [3.05, 3.63) is 0 Å². The van der Waals surface area contributed by atoms with E-state index in [1.165, 1.54) is 0 Å². The van der Waals surface area contributed by atoms with Crippen molar-refractivity contribution < 1.29 is 23.1 Å². The first-order chi connectivity index (χ1) is 5.20. The zero-order valence-electron chi connectivity index (χ0n) is 6.40. The van der Waals surface area contributed by atoms with E-state index < -0.39 is 14.4 Å². The SMILES string of the molecule is CCOC(=O)O[P+](=O)OCC. The quantitative estimate of drug-likeness (QED) is 0.489. The van der Waals surface area contributed by atoms with Gasteiger partial charge in [0, 0.05) is 4.57 Å². The molecule has 0 saturated carbocycles. The van der Waals surface area contributed by atoms with E-state index in [4.69, 9.17) is 0 Å². The molecule has 0 amide bonds. The molecule has 11 heavy (non-hydrogen) atoms. The molecule has 1 unspecified atom stereocenters. The molecule has 0 spiro atoms. The first-order valence-electron chi connectivity index (χ1n) is 3.15. The normalized spacial score (nSPS) is 10.5. The highest BCUT2D eigenvalue weighted by molar-refractivity contribution is 7.34. The molecule has 0 rings (SSSR count). The third-order valence-corrected chi connectivity index (χ3v) is 1.41. The Morgan fingerprint density at radius 3 is 2.45 bits per heavy atom. The van der Waals surface area contributed by atoms with Gasteiger partial charge in [-0.25, -0.2) is 0 Å². The fraction of sp³-hybridized carbons (Fsp3) is 0.800. The van der Waals surface area contributed by atoms with Gasteiger partial charge in [0.05, 0.1) is 6.61 Å². The van der Waals surface area contributed by atoms with Crippen molar-refractivity contribution in [3.63, 3.8) is 0 Å². The van der Waals surface area contributed by atoms with Gasteiger partial charge >= 0.3 is 14.4 Å². The van der Waals surface area contributed by atoms with Gasteiger partial charge < -0.3 is 4.74 Å². The Balaban J connectivity index is 3.49. The maximum atomic E-state index is 10.5. The highest BCUT2D eigenvalue weighted by Gasteiger charge is 2.26. The Labute approximate surface area is 65.6 Å². The topological polar surface area (TPSA) is 61.8 Å². The zero-order valence-corrected chi connectivity index (χ0v) is 7.30. The van der Waals surface area contributed by atoms with Crippen LogP contribution in [0.5, 0.6) is 0 Å². The summed E-state index contributed by atoms with van der Waals surface area (Å²) in [6, 6.07) is 0. The summed E-state index contributed by atoms with van der Waals surface area (Å²) in [5.41, 5.74) is 0. The summed E-state index contributed by atoms with van der Waals surface area (Å²) in [6.45, 7) is 3.68. The second kappa shape index (κ2) is 6.07. The van der Waals surface area contributed by atoms with Gasteiger partial charge in [0.25, 0.3) is 0 Å². The predicted molar refractivity (Wildman–Crippen MR) is 37.3 cm³/mol. The van der Waals surface area contributed by atoms with Crippen LogP contribution in [0.1, 0.15) is 13.8 Å². The Bertz CT molecular complexity index is 130. The summed E-state index contributed by atoms with van der Waals surface area (Å²) in [5, 5.41) is 0. The second-order valence-corrected chi connectivity index (χ2v) is 2.30. The van der Waals surface area contributed by atoms with E-state index in [0.717, 1.165) is 0 Å². The van der Waals surface area contributed by atoms with Crippen LogP contribution in [0.15, 0.2) is 0 Å². The minimum Gasteiger partial charge on any atom is -0.432 e. The smallest absolute Gasteiger partial charge is 0.432 e. The van der Waals surface area contributed by atoms with E-state index >= 15 is 0 Å². The van der Waals surface area contributed by atoms with Crippen molar-refractivity contribution in [2.75, 3.05) is 13.2 Å². The van der Waals surface area contributed by atoms with Gasteiger partial charge in [-0.1, -0.05) is 0 Å². The van der Waals surface area contributed by atoms with Gasteiger partial charge in [-0.05, 0) is 13.8 Å². The van der Waals surface area contributed by atoms with Crippen molar-refractivity contribution in [1.29, 1.82) is 0 Å². The van der Waals surface area contributed by atoms with E-state index in [1.54, 1.807) is 13.8 Å². The van der Waals surface area contributed by atoms with Crippen LogP contribution < -0.4 is 0 Å². The molecule has 5 nitrogen and oxygen atoms in total. The Morgan fingerprint density at radius 1 is 1.36 bits per heavy atom. The van der Waals surface area contributed by atoms with Gasteiger partial charge in [-0.3, -0.25) is 0 Å². The number of carbonyl (C=O) groups excluding carboxylic acids is 1. The van der Waals surface area contributed by atoms with Crippen molar-refractivity contribution in [2.45, 2.75) is 13.8 Å². The van der Waals surface area contributed by atoms with Crippen LogP contribution in [0, 0.1) is 0 Å². The monoisotopic (exact) mass is 181 g/mol. The summed E-state index contributed by atoms with van der Waals surface area (Å²) >= 11 is 0.